The average Bonchev–Trinajstić information content (AvgIpc) is 2.95. The first-order valence-electron chi connectivity index (χ1n) is 8.86. The fourth-order valence-corrected chi connectivity index (χ4v) is 3.46. The third-order valence-corrected chi connectivity index (χ3v) is 5.22. The van der Waals surface area contributed by atoms with Crippen LogP contribution in [0.2, 0.25) is 0 Å². The molecule has 1 atom stereocenters. The summed E-state index contributed by atoms with van der Waals surface area (Å²) >= 11 is 0. The van der Waals surface area contributed by atoms with Gasteiger partial charge < -0.3 is 20.1 Å². The molecule has 0 spiro atoms. The minimum absolute atomic E-state index is 0.0311. The molecule has 9 heteroatoms. The van der Waals surface area contributed by atoms with E-state index in [9.17, 15) is 23.5 Å². The van der Waals surface area contributed by atoms with Crippen LogP contribution >= 0.6 is 0 Å². The molecule has 2 heterocycles. The van der Waals surface area contributed by atoms with Crippen LogP contribution < -0.4 is 15.1 Å². The number of hydrogen-bond acceptors (Lipinski definition) is 5. The summed E-state index contributed by atoms with van der Waals surface area (Å²) in [6.07, 6.45) is -0.583. The van der Waals surface area contributed by atoms with Crippen LogP contribution in [0.15, 0.2) is 12.1 Å². The van der Waals surface area contributed by atoms with E-state index in [0.29, 0.717) is 13.1 Å². The molecule has 1 aromatic carbocycles. The molecule has 27 heavy (non-hydrogen) atoms. The van der Waals surface area contributed by atoms with Crippen molar-refractivity contribution in [3.63, 3.8) is 0 Å². The van der Waals surface area contributed by atoms with E-state index in [1.807, 2.05) is 6.92 Å². The van der Waals surface area contributed by atoms with Crippen LogP contribution in [0.25, 0.3) is 0 Å². The zero-order valence-electron chi connectivity index (χ0n) is 15.3. The van der Waals surface area contributed by atoms with E-state index in [4.69, 9.17) is 4.74 Å². The van der Waals surface area contributed by atoms with E-state index in [-0.39, 0.29) is 42.4 Å². The number of cyclic esters (lactones) is 1. The van der Waals surface area contributed by atoms with E-state index in [1.54, 1.807) is 4.90 Å². The van der Waals surface area contributed by atoms with Crippen LogP contribution in [0.5, 0.6) is 0 Å². The lowest BCUT2D eigenvalue weighted by Gasteiger charge is -2.50. The lowest BCUT2D eigenvalue weighted by molar-refractivity contribution is -0.119. The maximum Gasteiger partial charge on any atom is 0.414 e. The second-order valence-electron chi connectivity index (χ2n) is 7.18. The fraction of sp³-hybridized carbons (Fsp3) is 0.556. The van der Waals surface area contributed by atoms with Crippen molar-refractivity contribution in [3.05, 3.63) is 23.8 Å². The molecule has 0 saturated carbocycles. The van der Waals surface area contributed by atoms with Gasteiger partial charge in [0.2, 0.25) is 5.91 Å². The van der Waals surface area contributed by atoms with Gasteiger partial charge in [-0.05, 0) is 6.42 Å². The van der Waals surface area contributed by atoms with Gasteiger partial charge in [-0.1, -0.05) is 6.92 Å². The summed E-state index contributed by atoms with van der Waals surface area (Å²) in [4.78, 5) is 25.7. The topological polar surface area (TPSA) is 82.1 Å². The van der Waals surface area contributed by atoms with E-state index >= 15 is 0 Å². The predicted molar refractivity (Wildman–Crippen MR) is 94.7 cm³/mol. The average molecular weight is 383 g/mol. The molecule has 0 aromatic heterocycles. The molecule has 0 bridgehead atoms. The number of aliphatic hydroxyl groups excluding tert-OH is 1. The van der Waals surface area contributed by atoms with Crippen molar-refractivity contribution in [1.29, 1.82) is 0 Å². The van der Waals surface area contributed by atoms with Crippen LogP contribution in [-0.4, -0.2) is 56.0 Å². The Hall–Kier alpha value is -2.42. The predicted octanol–water partition coefficient (Wildman–Crippen LogP) is 1.63. The molecular formula is C18H23F2N3O4. The third kappa shape index (κ3) is 3.69. The molecule has 1 aromatic rings. The van der Waals surface area contributed by atoms with Crippen LogP contribution in [0.1, 0.15) is 20.3 Å². The second kappa shape index (κ2) is 7.30. The molecule has 2 N–H and O–H groups in total. The smallest absolute Gasteiger partial charge is 0.414 e. The van der Waals surface area contributed by atoms with Gasteiger partial charge in [0.25, 0.3) is 0 Å². The summed E-state index contributed by atoms with van der Waals surface area (Å²) in [5.74, 6) is -1.80. The molecule has 2 fully saturated rings. The number of nitrogens with zero attached hydrogens (tertiary/aromatic N) is 2. The first kappa shape index (κ1) is 19.3. The number of halogens is 2. The van der Waals surface area contributed by atoms with Crippen molar-refractivity contribution in [2.24, 2.45) is 5.41 Å². The zero-order valence-corrected chi connectivity index (χ0v) is 15.3. The molecule has 0 aliphatic carbocycles. The highest BCUT2D eigenvalue weighted by Gasteiger charge is 2.43. The largest absolute Gasteiger partial charge is 0.442 e. The Morgan fingerprint density at radius 2 is 2.00 bits per heavy atom. The lowest BCUT2D eigenvalue weighted by atomic mass is 9.78. The second-order valence-corrected chi connectivity index (χ2v) is 7.18. The van der Waals surface area contributed by atoms with Gasteiger partial charge in [0.15, 0.2) is 11.6 Å². The van der Waals surface area contributed by atoms with Crippen LogP contribution in [0.3, 0.4) is 0 Å². The van der Waals surface area contributed by atoms with Crippen LogP contribution in [-0.2, 0) is 9.53 Å². The van der Waals surface area contributed by atoms with E-state index in [1.165, 1.54) is 6.92 Å². The minimum Gasteiger partial charge on any atom is -0.442 e. The van der Waals surface area contributed by atoms with Gasteiger partial charge in [-0.2, -0.15) is 0 Å². The summed E-state index contributed by atoms with van der Waals surface area (Å²) in [6.45, 7) is 4.21. The number of aliphatic hydroxyl groups is 1. The standard InChI is InChI=1S/C18H23F2N3O4/c1-3-18(10-24)8-22(9-18)16-14(19)4-12(5-15(16)20)23-7-13(27-17(23)26)6-21-11(2)25/h4-5,13,24H,3,6-10H2,1-2H3,(H,21,25)/t13-/m0/s1. The monoisotopic (exact) mass is 383 g/mol. The van der Waals surface area contributed by atoms with E-state index in [2.05, 4.69) is 5.32 Å². The van der Waals surface area contributed by atoms with Crippen molar-refractivity contribution in [3.8, 4) is 0 Å². The Kier molecular flexibility index (Phi) is 5.23. The molecule has 148 valence electrons. The highest BCUT2D eigenvalue weighted by molar-refractivity contribution is 5.90. The first-order valence-corrected chi connectivity index (χ1v) is 8.86. The number of ether oxygens (including phenoxy) is 1. The number of carbonyl (C=O) groups is 2. The summed E-state index contributed by atoms with van der Waals surface area (Å²) in [6, 6.07) is 2.21. The van der Waals surface area contributed by atoms with E-state index in [0.717, 1.165) is 23.5 Å². The van der Waals surface area contributed by atoms with Crippen LogP contribution in [0, 0.1) is 17.0 Å². The summed E-state index contributed by atoms with van der Waals surface area (Å²) < 4.78 is 34.3. The van der Waals surface area contributed by atoms with Crippen molar-refractivity contribution in [2.75, 3.05) is 42.6 Å². The molecule has 2 saturated heterocycles. The summed E-state index contributed by atoms with van der Waals surface area (Å²) in [5.41, 5.74) is -0.417. The van der Waals surface area contributed by atoms with Crippen LogP contribution in [0.4, 0.5) is 25.0 Å². The molecule has 0 unspecified atom stereocenters. The molecule has 0 radical (unpaired) electrons. The SMILES string of the molecule is CCC1(CO)CN(c2c(F)cc(N3C[C@H](CNC(C)=O)OC3=O)cc2F)C1. The molecule has 3 rings (SSSR count). The minimum atomic E-state index is -0.772. The fourth-order valence-electron chi connectivity index (χ4n) is 3.46. The number of rotatable bonds is 6. The quantitative estimate of drug-likeness (QED) is 0.780. The molecule has 2 aliphatic heterocycles. The normalized spacial score (nSPS) is 21.1. The number of amides is 2. The van der Waals surface area contributed by atoms with Gasteiger partial charge in [0.1, 0.15) is 11.8 Å². The highest BCUT2D eigenvalue weighted by atomic mass is 19.1. The maximum absolute atomic E-state index is 14.6. The first-order chi connectivity index (χ1) is 12.8. The van der Waals surface area contributed by atoms with Crippen molar-refractivity contribution >= 4 is 23.4 Å². The summed E-state index contributed by atoms with van der Waals surface area (Å²) in [7, 11) is 0. The Balaban J connectivity index is 1.74. The Bertz CT molecular complexity index is 723. The molecule has 2 amide bonds. The molecule has 2 aliphatic rings. The van der Waals surface area contributed by atoms with E-state index < -0.39 is 23.8 Å². The highest BCUT2D eigenvalue weighted by Crippen LogP contribution is 2.40. The number of nitrogens with one attached hydrogen (secondary N) is 1. The van der Waals surface area contributed by atoms with Gasteiger partial charge in [0.05, 0.1) is 25.4 Å². The molecule has 7 nitrogen and oxygen atoms in total. The Morgan fingerprint density at radius 3 is 2.52 bits per heavy atom. The van der Waals surface area contributed by atoms with Crippen molar-refractivity contribution < 1.29 is 28.2 Å². The Morgan fingerprint density at radius 1 is 1.37 bits per heavy atom. The Labute approximate surface area is 155 Å². The number of carbonyl (C=O) groups excluding carboxylic acids is 2. The lowest BCUT2D eigenvalue weighted by Crippen LogP contribution is -2.58. The molecular weight excluding hydrogens is 360 g/mol. The van der Waals surface area contributed by atoms with Gasteiger partial charge in [0, 0.05) is 37.6 Å². The van der Waals surface area contributed by atoms with Crippen molar-refractivity contribution in [1.82, 2.24) is 5.32 Å². The third-order valence-electron chi connectivity index (χ3n) is 5.22. The van der Waals surface area contributed by atoms with Gasteiger partial charge in [-0.25, -0.2) is 13.6 Å². The summed E-state index contributed by atoms with van der Waals surface area (Å²) in [5, 5.41) is 12.0. The number of benzene rings is 1. The maximum atomic E-state index is 14.6. The van der Waals surface area contributed by atoms with Crippen molar-refractivity contribution in [2.45, 2.75) is 26.4 Å². The number of anilines is 2. The van der Waals surface area contributed by atoms with Gasteiger partial charge in [-0.3, -0.25) is 9.69 Å². The number of hydrogen-bond donors (Lipinski definition) is 2. The van der Waals surface area contributed by atoms with Gasteiger partial charge >= 0.3 is 6.09 Å². The van der Waals surface area contributed by atoms with Gasteiger partial charge in [-0.15, -0.1) is 0 Å². The zero-order chi connectivity index (χ0) is 19.8.